The summed E-state index contributed by atoms with van der Waals surface area (Å²) < 4.78 is 61.5. The maximum Gasteiger partial charge on any atom is 0.122 e. The van der Waals surface area contributed by atoms with Gasteiger partial charge in [0.05, 0.1) is 156 Å². The number of aryl methyl sites for hydroxylation is 4. The zero-order valence-electron chi connectivity index (χ0n) is 59.8. The van der Waals surface area contributed by atoms with Crippen molar-refractivity contribution in [2.45, 2.75) is 106 Å². The van der Waals surface area contributed by atoms with E-state index in [1.165, 1.54) is 77.9 Å². The van der Waals surface area contributed by atoms with Crippen molar-refractivity contribution >= 4 is 0 Å². The summed E-state index contributed by atoms with van der Waals surface area (Å²) in [6, 6.07) is 47.6. The summed E-state index contributed by atoms with van der Waals surface area (Å²) in [5, 5.41) is 18.9. The van der Waals surface area contributed by atoms with E-state index in [9.17, 15) is 10.2 Å². The van der Waals surface area contributed by atoms with Gasteiger partial charge < -0.3 is 66.5 Å². The topological polar surface area (TPSA) is 133 Å². The molecule has 9 rings (SSSR count). The van der Waals surface area contributed by atoms with Gasteiger partial charge in [0, 0.05) is 25.3 Å². The maximum absolute atomic E-state index is 9.46. The van der Waals surface area contributed by atoms with Gasteiger partial charge in [-0.15, -0.1) is 0 Å². The van der Waals surface area contributed by atoms with Crippen molar-refractivity contribution in [3.05, 3.63) is 210 Å². The second-order valence-corrected chi connectivity index (χ2v) is 26.1. The number of ether oxygens (including phenoxy) is 10. The SMILES string of the molecule is CC[N+](CC)(CC)Cc1cc(C2(c3ccc(OCCOCCOC)c(C)c3)c3cc(C)ccc3-c3cc4c(cc32)-c2ccc(C)cc2C4(c2ccc(OCCOCCOC)c(C)c2)c2ccc(COCCOCCO)c(C[N+](CC)(CC)CC)c2)ccc1COCCOCCO. The maximum atomic E-state index is 9.46. The van der Waals surface area contributed by atoms with Crippen molar-refractivity contribution in [1.29, 1.82) is 0 Å². The molecule has 2 N–H and O–H groups in total. The fourth-order valence-corrected chi connectivity index (χ4v) is 14.9. The minimum atomic E-state index is -0.816. The van der Waals surface area contributed by atoms with Crippen molar-refractivity contribution in [3.63, 3.8) is 0 Å². The first kappa shape index (κ1) is 73.9. The van der Waals surface area contributed by atoms with Crippen LogP contribution in [0, 0.1) is 27.7 Å². The molecule has 518 valence electrons. The smallest absolute Gasteiger partial charge is 0.122 e. The average molecular weight is 1320 g/mol. The van der Waals surface area contributed by atoms with Crippen LogP contribution in [-0.4, -0.2) is 178 Å². The lowest BCUT2D eigenvalue weighted by Crippen LogP contribution is -2.47. The van der Waals surface area contributed by atoms with Gasteiger partial charge in [0.15, 0.2) is 0 Å². The van der Waals surface area contributed by atoms with Crippen LogP contribution in [0.15, 0.2) is 121 Å². The minimum Gasteiger partial charge on any atom is -0.491 e. The molecule has 0 aliphatic heterocycles. The van der Waals surface area contributed by atoms with E-state index in [1.54, 1.807) is 14.2 Å². The van der Waals surface area contributed by atoms with Crippen LogP contribution < -0.4 is 9.47 Å². The molecule has 7 aromatic carbocycles. The Balaban J connectivity index is 1.35. The van der Waals surface area contributed by atoms with Crippen molar-refractivity contribution in [2.75, 3.05) is 159 Å². The van der Waals surface area contributed by atoms with Gasteiger partial charge in [0.25, 0.3) is 0 Å². The van der Waals surface area contributed by atoms with E-state index in [-0.39, 0.29) is 26.4 Å². The number of hydrogen-bond acceptors (Lipinski definition) is 12. The Bertz CT molecular complexity index is 3400. The Kier molecular flexibility index (Phi) is 26.9. The van der Waals surface area contributed by atoms with Crippen LogP contribution >= 0.6 is 0 Å². The number of rotatable bonds is 42. The molecule has 0 saturated carbocycles. The van der Waals surface area contributed by atoms with Crippen LogP contribution in [0.1, 0.15) is 131 Å². The molecule has 0 radical (unpaired) electrons. The van der Waals surface area contributed by atoms with E-state index < -0.39 is 10.8 Å². The number of nitrogens with zero attached hydrogens (tertiary/aromatic N) is 2. The standard InChI is InChI=1S/C82H110N2O12/c1-13-83(14-2,15-3)55-65-51-69(23-21-63(65)57-93-41-39-89-33-31-85)81(67-25-29-79(61(9)49-67)95-45-43-91-37-35-87-11)75-47-59(7)19-27-71(75)73-54-78-74(53-77(73)81)72-28-20-60(8)48-76(72)82(78,68-26-30-80(62(10)50-68)96-46-44-92-38-36-88-12)70-24-22-64(58-94-42-40-90-34-32-86)66(52-70)56-84(16-4,17-5)18-6/h19-30,47-54,85-86H,13-18,31-46,55-58H2,1-12H3/q+2. The fourth-order valence-electron chi connectivity index (χ4n) is 14.9. The summed E-state index contributed by atoms with van der Waals surface area (Å²) in [4.78, 5) is 0. The van der Waals surface area contributed by atoms with E-state index in [1.807, 2.05) is 0 Å². The predicted molar refractivity (Wildman–Crippen MR) is 383 cm³/mol. The molecule has 0 spiro atoms. The molecule has 2 atom stereocenters. The second-order valence-electron chi connectivity index (χ2n) is 26.1. The Morgan fingerprint density at radius 3 is 1.02 bits per heavy atom. The monoisotopic (exact) mass is 1310 g/mol. The van der Waals surface area contributed by atoms with Gasteiger partial charge in [0.1, 0.15) is 37.8 Å². The van der Waals surface area contributed by atoms with Gasteiger partial charge in [-0.2, -0.15) is 0 Å². The summed E-state index contributed by atoms with van der Waals surface area (Å²) in [6.07, 6.45) is 0. The lowest BCUT2D eigenvalue weighted by molar-refractivity contribution is -0.936. The van der Waals surface area contributed by atoms with E-state index >= 15 is 0 Å². The van der Waals surface area contributed by atoms with Crippen molar-refractivity contribution in [3.8, 4) is 33.8 Å². The fraction of sp³-hybridized carbons (Fsp3) is 0.488. The number of quaternary nitrogens is 2. The molecular formula is C82H110N2O12+2. The predicted octanol–water partition coefficient (Wildman–Crippen LogP) is 13.5. The largest absolute Gasteiger partial charge is 0.491 e. The van der Waals surface area contributed by atoms with E-state index in [0.717, 1.165) is 106 Å². The summed E-state index contributed by atoms with van der Waals surface area (Å²) in [6.45, 7) is 37.1. The highest BCUT2D eigenvalue weighted by Gasteiger charge is 2.52. The third-order valence-electron chi connectivity index (χ3n) is 20.8. The van der Waals surface area contributed by atoms with E-state index in [2.05, 4.69) is 191 Å². The van der Waals surface area contributed by atoms with Gasteiger partial charge >= 0.3 is 0 Å². The average Bonchev–Trinajstić information content (AvgIpc) is 1.50. The molecule has 0 aromatic heterocycles. The molecule has 14 heteroatoms. The van der Waals surface area contributed by atoms with Crippen LogP contribution in [0.25, 0.3) is 22.3 Å². The molecule has 0 heterocycles. The Hall–Kier alpha value is -6.34. The van der Waals surface area contributed by atoms with Crippen molar-refractivity contribution in [2.24, 2.45) is 0 Å². The molecule has 0 bridgehead atoms. The number of aliphatic hydroxyl groups excluding tert-OH is 2. The summed E-state index contributed by atoms with van der Waals surface area (Å²) in [5.74, 6) is 1.64. The second kappa shape index (κ2) is 34.9. The van der Waals surface area contributed by atoms with E-state index in [4.69, 9.17) is 47.4 Å². The number of aliphatic hydroxyl groups is 2. The first-order chi connectivity index (χ1) is 46.7. The van der Waals surface area contributed by atoms with Crippen LogP contribution in [-0.2, 0) is 75.0 Å². The molecule has 14 nitrogen and oxygen atoms in total. The summed E-state index contributed by atoms with van der Waals surface area (Å²) in [5.41, 5.74) is 22.0. The highest BCUT2D eigenvalue weighted by Crippen LogP contribution is 2.63. The molecule has 2 aliphatic rings. The van der Waals surface area contributed by atoms with Crippen LogP contribution in [0.5, 0.6) is 11.5 Å². The van der Waals surface area contributed by atoms with Crippen molar-refractivity contribution < 1.29 is 66.5 Å². The van der Waals surface area contributed by atoms with Gasteiger partial charge in [-0.1, -0.05) is 96.1 Å². The summed E-state index contributed by atoms with van der Waals surface area (Å²) in [7, 11) is 3.37. The van der Waals surface area contributed by atoms with Crippen molar-refractivity contribution in [1.82, 2.24) is 0 Å². The Morgan fingerprint density at radius 1 is 0.323 bits per heavy atom. The lowest BCUT2D eigenvalue weighted by atomic mass is 9.65. The van der Waals surface area contributed by atoms with Crippen LogP contribution in [0.3, 0.4) is 0 Å². The minimum absolute atomic E-state index is 0.0235. The summed E-state index contributed by atoms with van der Waals surface area (Å²) >= 11 is 0. The molecule has 0 saturated heterocycles. The highest BCUT2D eigenvalue weighted by atomic mass is 16.6. The first-order valence-corrected chi connectivity index (χ1v) is 35.2. The molecule has 96 heavy (non-hydrogen) atoms. The zero-order valence-corrected chi connectivity index (χ0v) is 59.8. The van der Waals surface area contributed by atoms with Gasteiger partial charge in [-0.25, -0.2) is 0 Å². The molecule has 2 unspecified atom stereocenters. The van der Waals surface area contributed by atoms with Crippen LogP contribution in [0.4, 0.5) is 0 Å². The first-order valence-electron chi connectivity index (χ1n) is 35.2. The third-order valence-corrected chi connectivity index (χ3v) is 20.8. The normalized spacial score (nSPS) is 15.6. The number of fused-ring (bicyclic) bond motifs is 6. The number of benzene rings is 7. The van der Waals surface area contributed by atoms with Crippen LogP contribution in [0.2, 0.25) is 0 Å². The quantitative estimate of drug-likeness (QED) is 0.0279. The Morgan fingerprint density at radius 2 is 0.656 bits per heavy atom. The molecule has 7 aromatic rings. The number of hydrogen-bond donors (Lipinski definition) is 2. The Labute approximate surface area is 573 Å². The molecule has 0 amide bonds. The van der Waals surface area contributed by atoms with Gasteiger partial charge in [-0.3, -0.25) is 0 Å². The van der Waals surface area contributed by atoms with E-state index in [0.29, 0.717) is 92.5 Å². The molecule has 2 aliphatic carbocycles. The highest BCUT2D eigenvalue weighted by molar-refractivity contribution is 5.95. The lowest BCUT2D eigenvalue weighted by Gasteiger charge is -2.39. The molecular weight excluding hydrogens is 1200 g/mol. The van der Waals surface area contributed by atoms with Gasteiger partial charge in [-0.05, 0) is 195 Å². The zero-order chi connectivity index (χ0) is 68.3. The van der Waals surface area contributed by atoms with Gasteiger partial charge in [0.2, 0.25) is 0 Å². The molecule has 0 fully saturated rings. The number of methoxy groups -OCH3 is 2. The third kappa shape index (κ3) is 15.9.